The van der Waals surface area contributed by atoms with E-state index in [1.807, 2.05) is 24.3 Å². The Labute approximate surface area is 106 Å². The molecule has 1 heterocycles. The molecule has 0 saturated heterocycles. The fourth-order valence-corrected chi connectivity index (χ4v) is 1.67. The summed E-state index contributed by atoms with van der Waals surface area (Å²) in [6.07, 6.45) is 2.66. The molecule has 94 valence electrons. The van der Waals surface area contributed by atoms with Crippen LogP contribution < -0.4 is 5.73 Å². The molecule has 0 unspecified atom stereocenters. The van der Waals surface area contributed by atoms with E-state index < -0.39 is 0 Å². The van der Waals surface area contributed by atoms with Crippen LogP contribution in [-0.2, 0) is 19.5 Å². The molecule has 0 atom stereocenters. The third-order valence-corrected chi connectivity index (χ3v) is 2.78. The minimum Gasteiger partial charge on any atom is -0.325 e. The van der Waals surface area contributed by atoms with Crippen molar-refractivity contribution in [3.63, 3.8) is 0 Å². The van der Waals surface area contributed by atoms with Crippen LogP contribution in [0.2, 0.25) is 0 Å². The van der Waals surface area contributed by atoms with Gasteiger partial charge in [0.25, 0.3) is 0 Å². The third kappa shape index (κ3) is 2.81. The van der Waals surface area contributed by atoms with Gasteiger partial charge < -0.3 is 5.73 Å². The highest BCUT2D eigenvalue weighted by atomic mass is 16.1. The fraction of sp³-hybridized carbons (Fsp3) is 0.308. The largest absolute Gasteiger partial charge is 0.325 e. The van der Waals surface area contributed by atoms with Gasteiger partial charge >= 0.3 is 0 Å². The summed E-state index contributed by atoms with van der Waals surface area (Å²) in [5.74, 6) is 0.0196. The number of aromatic nitrogens is 3. The van der Waals surface area contributed by atoms with Gasteiger partial charge in [0.2, 0.25) is 0 Å². The number of ketones is 1. The van der Waals surface area contributed by atoms with Crippen LogP contribution >= 0.6 is 0 Å². The van der Waals surface area contributed by atoms with E-state index in [1.165, 1.54) is 10.2 Å². The Hall–Kier alpha value is -2.01. The van der Waals surface area contributed by atoms with E-state index >= 15 is 0 Å². The molecule has 0 fully saturated rings. The van der Waals surface area contributed by atoms with Crippen LogP contribution in [-0.4, -0.2) is 20.8 Å². The first-order valence-electron chi connectivity index (χ1n) is 5.94. The highest BCUT2D eigenvalue weighted by molar-refractivity contribution is 5.95. The van der Waals surface area contributed by atoms with E-state index in [9.17, 15) is 4.79 Å². The van der Waals surface area contributed by atoms with Crippen LogP contribution in [0.5, 0.6) is 0 Å². The predicted molar refractivity (Wildman–Crippen MR) is 68.1 cm³/mol. The van der Waals surface area contributed by atoms with Gasteiger partial charge in [0.05, 0.1) is 11.9 Å². The van der Waals surface area contributed by atoms with Crippen LogP contribution in [0.1, 0.15) is 28.5 Å². The molecule has 0 amide bonds. The van der Waals surface area contributed by atoms with Crippen molar-refractivity contribution in [2.24, 2.45) is 5.73 Å². The van der Waals surface area contributed by atoms with Gasteiger partial charge in [-0.05, 0) is 12.0 Å². The van der Waals surface area contributed by atoms with E-state index in [2.05, 4.69) is 17.2 Å². The van der Waals surface area contributed by atoms with Crippen molar-refractivity contribution in [2.75, 3.05) is 0 Å². The van der Waals surface area contributed by atoms with Gasteiger partial charge in [0, 0.05) is 12.1 Å². The van der Waals surface area contributed by atoms with Crippen molar-refractivity contribution >= 4 is 5.78 Å². The van der Waals surface area contributed by atoms with Crippen LogP contribution in [0.15, 0.2) is 30.5 Å². The molecule has 0 radical (unpaired) electrons. The van der Waals surface area contributed by atoms with E-state index in [4.69, 9.17) is 5.73 Å². The SMILES string of the molecule is CCc1ccc(C(=O)Cn2cc(CN)nn2)cc1. The molecule has 0 bridgehead atoms. The predicted octanol–water partition coefficient (Wildman–Crippen LogP) is 1.18. The Kier molecular flexibility index (Phi) is 3.84. The molecular weight excluding hydrogens is 228 g/mol. The topological polar surface area (TPSA) is 73.8 Å². The van der Waals surface area contributed by atoms with Crippen molar-refractivity contribution in [1.82, 2.24) is 15.0 Å². The number of Topliss-reactive ketones (excluding diaryl/α,β-unsaturated/α-hetero) is 1. The molecule has 1 aromatic heterocycles. The molecule has 0 aliphatic heterocycles. The van der Waals surface area contributed by atoms with Gasteiger partial charge in [-0.25, -0.2) is 4.68 Å². The highest BCUT2D eigenvalue weighted by Gasteiger charge is 2.08. The Morgan fingerprint density at radius 2 is 2.06 bits per heavy atom. The normalized spacial score (nSPS) is 10.6. The molecule has 1 aromatic carbocycles. The average molecular weight is 244 g/mol. The van der Waals surface area contributed by atoms with Gasteiger partial charge in [0.1, 0.15) is 6.54 Å². The minimum atomic E-state index is 0.0196. The van der Waals surface area contributed by atoms with Crippen LogP contribution in [0.25, 0.3) is 0 Å². The minimum absolute atomic E-state index is 0.0196. The number of nitrogens with zero attached hydrogens (tertiary/aromatic N) is 3. The van der Waals surface area contributed by atoms with Crippen LogP contribution in [0.4, 0.5) is 0 Å². The monoisotopic (exact) mass is 244 g/mol. The molecule has 5 nitrogen and oxygen atoms in total. The average Bonchev–Trinajstić information content (AvgIpc) is 2.86. The molecule has 5 heteroatoms. The van der Waals surface area contributed by atoms with E-state index in [-0.39, 0.29) is 12.3 Å². The summed E-state index contributed by atoms with van der Waals surface area (Å²) >= 11 is 0. The summed E-state index contributed by atoms with van der Waals surface area (Å²) in [4.78, 5) is 12.0. The van der Waals surface area contributed by atoms with Crippen molar-refractivity contribution in [3.05, 3.63) is 47.3 Å². The van der Waals surface area contributed by atoms with Crippen LogP contribution in [0, 0.1) is 0 Å². The summed E-state index contributed by atoms with van der Waals surface area (Å²) in [7, 11) is 0. The van der Waals surface area contributed by atoms with E-state index in [0.717, 1.165) is 6.42 Å². The number of nitrogens with two attached hydrogens (primary N) is 1. The number of carbonyl (C=O) groups excluding carboxylic acids is 1. The Morgan fingerprint density at radius 1 is 1.33 bits per heavy atom. The molecule has 0 spiro atoms. The zero-order valence-corrected chi connectivity index (χ0v) is 10.3. The van der Waals surface area contributed by atoms with Gasteiger partial charge in [-0.2, -0.15) is 0 Å². The first-order valence-corrected chi connectivity index (χ1v) is 5.94. The number of benzene rings is 1. The standard InChI is InChI=1S/C13H16N4O/c1-2-10-3-5-11(6-4-10)13(18)9-17-8-12(7-14)15-16-17/h3-6,8H,2,7,9,14H2,1H3. The third-order valence-electron chi connectivity index (χ3n) is 2.78. The first-order chi connectivity index (χ1) is 8.72. The first kappa shape index (κ1) is 12.4. The second kappa shape index (κ2) is 5.55. The smallest absolute Gasteiger partial charge is 0.184 e. The molecule has 0 saturated carbocycles. The lowest BCUT2D eigenvalue weighted by molar-refractivity contribution is 0.0967. The van der Waals surface area contributed by atoms with Gasteiger partial charge in [0.15, 0.2) is 5.78 Å². The van der Waals surface area contributed by atoms with Crippen molar-refractivity contribution in [3.8, 4) is 0 Å². The summed E-state index contributed by atoms with van der Waals surface area (Å²) in [6, 6.07) is 7.64. The van der Waals surface area contributed by atoms with E-state index in [1.54, 1.807) is 6.20 Å². The lowest BCUT2D eigenvalue weighted by Crippen LogP contribution is -2.11. The molecule has 2 aromatic rings. The Morgan fingerprint density at radius 3 is 2.61 bits per heavy atom. The second-order valence-electron chi connectivity index (χ2n) is 4.09. The molecular formula is C13H16N4O. The zero-order chi connectivity index (χ0) is 13.0. The molecule has 2 N–H and O–H groups in total. The second-order valence-corrected chi connectivity index (χ2v) is 4.09. The zero-order valence-electron chi connectivity index (χ0n) is 10.3. The summed E-state index contributed by atoms with van der Waals surface area (Å²) in [6.45, 7) is 2.61. The molecule has 18 heavy (non-hydrogen) atoms. The summed E-state index contributed by atoms with van der Waals surface area (Å²) in [5.41, 5.74) is 8.03. The Balaban J connectivity index is 2.06. The molecule has 2 rings (SSSR count). The summed E-state index contributed by atoms with van der Waals surface area (Å²) < 4.78 is 1.51. The fourth-order valence-electron chi connectivity index (χ4n) is 1.67. The maximum atomic E-state index is 12.0. The lowest BCUT2D eigenvalue weighted by Gasteiger charge is -2.02. The maximum Gasteiger partial charge on any atom is 0.184 e. The number of hydrogen-bond acceptors (Lipinski definition) is 4. The molecule has 0 aliphatic carbocycles. The van der Waals surface area contributed by atoms with E-state index in [0.29, 0.717) is 17.8 Å². The number of rotatable bonds is 5. The quantitative estimate of drug-likeness (QED) is 0.801. The highest BCUT2D eigenvalue weighted by Crippen LogP contribution is 2.07. The van der Waals surface area contributed by atoms with Crippen molar-refractivity contribution in [1.29, 1.82) is 0 Å². The van der Waals surface area contributed by atoms with Crippen LogP contribution in [0.3, 0.4) is 0 Å². The lowest BCUT2D eigenvalue weighted by atomic mass is 10.1. The maximum absolute atomic E-state index is 12.0. The van der Waals surface area contributed by atoms with Gasteiger partial charge in [-0.3, -0.25) is 4.79 Å². The number of aryl methyl sites for hydroxylation is 1. The Bertz CT molecular complexity index is 530. The van der Waals surface area contributed by atoms with Gasteiger partial charge in [-0.1, -0.05) is 36.4 Å². The van der Waals surface area contributed by atoms with Crippen molar-refractivity contribution in [2.45, 2.75) is 26.4 Å². The number of hydrogen-bond donors (Lipinski definition) is 1. The number of carbonyl (C=O) groups is 1. The van der Waals surface area contributed by atoms with Gasteiger partial charge in [-0.15, -0.1) is 5.10 Å². The molecule has 0 aliphatic rings. The van der Waals surface area contributed by atoms with Crippen molar-refractivity contribution < 1.29 is 4.79 Å². The summed E-state index contributed by atoms with van der Waals surface area (Å²) in [5, 5.41) is 7.70.